The van der Waals surface area contributed by atoms with Crippen molar-refractivity contribution in [3.8, 4) is 0 Å². The average Bonchev–Trinajstić information content (AvgIpc) is 2.75. The van der Waals surface area contributed by atoms with E-state index in [1.54, 1.807) is 0 Å². The molecule has 8 heteroatoms. The molecule has 2 aliphatic rings. The van der Waals surface area contributed by atoms with Crippen molar-refractivity contribution in [1.29, 1.82) is 0 Å². The van der Waals surface area contributed by atoms with Crippen molar-refractivity contribution in [3.63, 3.8) is 0 Å². The molecule has 4 nitrogen and oxygen atoms in total. The van der Waals surface area contributed by atoms with Gasteiger partial charge < -0.3 is 11.1 Å². The molecule has 1 saturated carbocycles. The molecule has 0 radical (unpaired) electrons. The van der Waals surface area contributed by atoms with Crippen molar-refractivity contribution in [1.82, 2.24) is 10.2 Å². The minimum Gasteiger partial charge on any atom is -0.370 e. The van der Waals surface area contributed by atoms with Crippen LogP contribution in [0.3, 0.4) is 0 Å². The van der Waals surface area contributed by atoms with E-state index in [2.05, 4.69) is 10.3 Å². The molecule has 0 aromatic rings. The van der Waals surface area contributed by atoms with Gasteiger partial charge in [0.1, 0.15) is 0 Å². The van der Waals surface area contributed by atoms with Gasteiger partial charge in [0.25, 0.3) is 0 Å². The van der Waals surface area contributed by atoms with Gasteiger partial charge in [-0.1, -0.05) is 19.3 Å². The Morgan fingerprint density at radius 1 is 1.19 bits per heavy atom. The highest BCUT2D eigenvalue weighted by Crippen LogP contribution is 2.21. The molecule has 124 valence electrons. The Kier molecular flexibility index (Phi) is 7.52. The van der Waals surface area contributed by atoms with Crippen molar-refractivity contribution < 1.29 is 13.2 Å². The Morgan fingerprint density at radius 3 is 2.48 bits per heavy atom. The number of hydrogen-bond acceptors (Lipinski definition) is 2. The molecule has 1 heterocycles. The first-order valence-corrected chi connectivity index (χ1v) is 7.31. The number of nitrogens with one attached hydrogen (secondary N) is 1. The van der Waals surface area contributed by atoms with Gasteiger partial charge in [-0.05, 0) is 19.3 Å². The van der Waals surface area contributed by atoms with E-state index in [1.165, 1.54) is 24.2 Å². The van der Waals surface area contributed by atoms with Gasteiger partial charge in [0, 0.05) is 19.1 Å². The van der Waals surface area contributed by atoms with E-state index in [4.69, 9.17) is 5.73 Å². The topological polar surface area (TPSA) is 53.6 Å². The Hall–Kier alpha value is -0.250. The first-order chi connectivity index (χ1) is 9.42. The second-order valence-corrected chi connectivity index (χ2v) is 5.79. The Morgan fingerprint density at radius 2 is 1.86 bits per heavy atom. The Labute approximate surface area is 140 Å². The van der Waals surface area contributed by atoms with Crippen molar-refractivity contribution in [2.75, 3.05) is 19.6 Å². The third kappa shape index (κ3) is 7.03. The first-order valence-electron chi connectivity index (χ1n) is 7.31. The normalized spacial score (nSPS) is 25.7. The van der Waals surface area contributed by atoms with E-state index >= 15 is 0 Å². The van der Waals surface area contributed by atoms with Gasteiger partial charge in [0.05, 0.1) is 12.6 Å². The fraction of sp³-hybridized carbons (Fsp3) is 0.923. The summed E-state index contributed by atoms with van der Waals surface area (Å²) in [5, 5.41) is 3.06. The molecule has 0 bridgehead atoms. The van der Waals surface area contributed by atoms with Crippen LogP contribution >= 0.6 is 24.0 Å². The molecule has 0 aromatic heterocycles. The number of likely N-dealkylation sites (tertiary alicyclic amines) is 1. The molecule has 1 aliphatic heterocycles. The predicted molar refractivity (Wildman–Crippen MR) is 87.9 cm³/mol. The van der Waals surface area contributed by atoms with E-state index in [9.17, 15) is 13.2 Å². The number of halogens is 4. The summed E-state index contributed by atoms with van der Waals surface area (Å²) in [4.78, 5) is 5.85. The van der Waals surface area contributed by atoms with Gasteiger partial charge >= 0.3 is 6.18 Å². The summed E-state index contributed by atoms with van der Waals surface area (Å²) < 4.78 is 36.9. The van der Waals surface area contributed by atoms with E-state index in [0.717, 1.165) is 12.8 Å². The van der Waals surface area contributed by atoms with Gasteiger partial charge in [0.2, 0.25) is 0 Å². The molecule has 1 atom stereocenters. The zero-order valence-corrected chi connectivity index (χ0v) is 14.4. The molecule has 2 fully saturated rings. The average molecular weight is 420 g/mol. The van der Waals surface area contributed by atoms with E-state index < -0.39 is 12.7 Å². The van der Waals surface area contributed by atoms with Crippen LogP contribution in [-0.4, -0.2) is 48.8 Å². The standard InChI is InChI=1S/C13H23F3N4.HI/c14-13(15,16)9-20-7-6-11(8-20)19-12(17)18-10-4-2-1-3-5-10;/h10-11H,1-9H2,(H3,17,18,19);1H. The predicted octanol–water partition coefficient (Wildman–Crippen LogP) is 2.48. The lowest BCUT2D eigenvalue weighted by Crippen LogP contribution is -2.43. The number of guanidine groups is 1. The number of aliphatic imine (C=N–C) groups is 1. The molecule has 3 N–H and O–H groups in total. The maximum Gasteiger partial charge on any atom is 0.401 e. The van der Waals surface area contributed by atoms with Gasteiger partial charge in [-0.25, -0.2) is 0 Å². The second kappa shape index (κ2) is 8.40. The van der Waals surface area contributed by atoms with E-state index in [1.807, 2.05) is 0 Å². The van der Waals surface area contributed by atoms with Gasteiger partial charge in [0.15, 0.2) is 5.96 Å². The number of alkyl halides is 3. The molecular formula is C13H24F3IN4. The summed E-state index contributed by atoms with van der Waals surface area (Å²) in [6.07, 6.45) is 2.30. The highest BCUT2D eigenvalue weighted by Gasteiger charge is 2.34. The summed E-state index contributed by atoms with van der Waals surface area (Å²) in [6.45, 7) is -0.0147. The Bertz CT molecular complexity index is 343. The third-order valence-electron chi connectivity index (χ3n) is 3.92. The molecular weight excluding hydrogens is 396 g/mol. The summed E-state index contributed by atoms with van der Waals surface area (Å²) >= 11 is 0. The third-order valence-corrected chi connectivity index (χ3v) is 3.92. The summed E-state index contributed by atoms with van der Waals surface area (Å²) in [6, 6.07) is 0.258. The van der Waals surface area contributed by atoms with Gasteiger partial charge in [-0.2, -0.15) is 13.2 Å². The van der Waals surface area contributed by atoms with E-state index in [0.29, 0.717) is 25.5 Å². The molecule has 21 heavy (non-hydrogen) atoms. The fourth-order valence-corrected chi connectivity index (χ4v) is 3.00. The van der Waals surface area contributed by atoms with Gasteiger partial charge in [-0.15, -0.1) is 24.0 Å². The lowest BCUT2D eigenvalue weighted by atomic mass is 9.96. The molecule has 1 aliphatic carbocycles. The van der Waals surface area contributed by atoms with E-state index in [-0.39, 0.29) is 36.1 Å². The minimum atomic E-state index is -4.13. The van der Waals surface area contributed by atoms with Crippen LogP contribution in [0.25, 0.3) is 0 Å². The Balaban J connectivity index is 0.00000220. The van der Waals surface area contributed by atoms with Crippen LogP contribution in [0.15, 0.2) is 4.99 Å². The van der Waals surface area contributed by atoms with Crippen molar-refractivity contribution in [2.24, 2.45) is 10.7 Å². The highest BCUT2D eigenvalue weighted by molar-refractivity contribution is 14.0. The van der Waals surface area contributed by atoms with Crippen LogP contribution in [0.2, 0.25) is 0 Å². The minimum absolute atomic E-state index is 0. The summed E-state index contributed by atoms with van der Waals surface area (Å²) in [5.74, 6) is 0.385. The maximum atomic E-state index is 12.3. The van der Waals surface area contributed by atoms with Crippen molar-refractivity contribution in [2.45, 2.75) is 56.8 Å². The van der Waals surface area contributed by atoms with Crippen molar-refractivity contribution >= 4 is 29.9 Å². The fourth-order valence-electron chi connectivity index (χ4n) is 3.00. The lowest BCUT2D eigenvalue weighted by molar-refractivity contribution is -0.143. The number of nitrogens with zero attached hydrogens (tertiary/aromatic N) is 2. The molecule has 1 saturated heterocycles. The number of nitrogens with two attached hydrogens (primary N) is 1. The van der Waals surface area contributed by atoms with Crippen LogP contribution in [0.1, 0.15) is 38.5 Å². The maximum absolute atomic E-state index is 12.3. The summed E-state index contributed by atoms with van der Waals surface area (Å²) in [5.41, 5.74) is 5.86. The SMILES string of the molecule is I.NC(=NC1CCCCC1)NC1CCN(CC(F)(F)F)C1. The zero-order chi connectivity index (χ0) is 14.6. The highest BCUT2D eigenvalue weighted by atomic mass is 127. The molecule has 0 amide bonds. The van der Waals surface area contributed by atoms with Crippen LogP contribution in [0.5, 0.6) is 0 Å². The van der Waals surface area contributed by atoms with Crippen molar-refractivity contribution in [3.05, 3.63) is 0 Å². The molecule has 0 spiro atoms. The van der Waals surface area contributed by atoms with Crippen LogP contribution in [0.4, 0.5) is 13.2 Å². The summed E-state index contributed by atoms with van der Waals surface area (Å²) in [7, 11) is 0. The number of hydrogen-bond donors (Lipinski definition) is 2. The monoisotopic (exact) mass is 420 g/mol. The van der Waals surface area contributed by atoms with Crippen LogP contribution < -0.4 is 11.1 Å². The quantitative estimate of drug-likeness (QED) is 0.419. The lowest BCUT2D eigenvalue weighted by Gasteiger charge is -2.20. The van der Waals surface area contributed by atoms with Crippen LogP contribution in [0, 0.1) is 0 Å². The first kappa shape index (κ1) is 18.8. The smallest absolute Gasteiger partial charge is 0.370 e. The molecule has 1 unspecified atom stereocenters. The van der Waals surface area contributed by atoms with Crippen LogP contribution in [-0.2, 0) is 0 Å². The molecule has 0 aromatic carbocycles. The second-order valence-electron chi connectivity index (χ2n) is 5.79. The molecule has 2 rings (SSSR count). The van der Waals surface area contributed by atoms with Gasteiger partial charge in [-0.3, -0.25) is 9.89 Å². The largest absolute Gasteiger partial charge is 0.401 e. The number of rotatable bonds is 3. The zero-order valence-electron chi connectivity index (χ0n) is 12.0.